The summed E-state index contributed by atoms with van der Waals surface area (Å²) in [6.45, 7) is 10.6. The predicted octanol–water partition coefficient (Wildman–Crippen LogP) is 3.71. The molecule has 2 unspecified atom stereocenters. The molecule has 2 nitrogen and oxygen atoms in total. The van der Waals surface area contributed by atoms with E-state index in [0.717, 1.165) is 13.2 Å². The topological polar surface area (TPSA) is 21.3 Å². The molecule has 0 saturated heterocycles. The molecular formula is C17H27NO. The van der Waals surface area contributed by atoms with Crippen molar-refractivity contribution in [1.82, 2.24) is 5.32 Å². The van der Waals surface area contributed by atoms with Crippen LogP contribution in [-0.2, 0) is 11.2 Å². The minimum absolute atomic E-state index is 0.273. The summed E-state index contributed by atoms with van der Waals surface area (Å²) in [6, 6.07) is 9.28. The second kappa shape index (κ2) is 6.06. The Balaban J connectivity index is 2.12. The lowest BCUT2D eigenvalue weighted by Gasteiger charge is -2.41. The maximum Gasteiger partial charge on any atom is 0.0671 e. The zero-order valence-electron chi connectivity index (χ0n) is 12.7. The summed E-state index contributed by atoms with van der Waals surface area (Å²) in [4.78, 5) is 0. The van der Waals surface area contributed by atoms with Crippen LogP contribution in [0, 0.1) is 5.41 Å². The molecule has 1 aromatic carbocycles. The van der Waals surface area contributed by atoms with E-state index in [-0.39, 0.29) is 6.10 Å². The Hall–Kier alpha value is -0.860. The Kier molecular flexibility index (Phi) is 4.64. The van der Waals surface area contributed by atoms with Crippen LogP contribution < -0.4 is 5.32 Å². The van der Waals surface area contributed by atoms with Crippen LogP contribution in [0.2, 0.25) is 0 Å². The Morgan fingerprint density at radius 1 is 1.37 bits per heavy atom. The van der Waals surface area contributed by atoms with E-state index >= 15 is 0 Å². The molecule has 2 atom stereocenters. The predicted molar refractivity (Wildman–Crippen MR) is 80.4 cm³/mol. The summed E-state index contributed by atoms with van der Waals surface area (Å²) in [6.07, 6.45) is 2.71. The fourth-order valence-corrected chi connectivity index (χ4v) is 3.08. The van der Waals surface area contributed by atoms with Gasteiger partial charge in [-0.05, 0) is 43.2 Å². The molecular weight excluding hydrogens is 234 g/mol. The quantitative estimate of drug-likeness (QED) is 0.872. The normalized spacial score (nSPS) is 22.8. The molecule has 0 fully saturated rings. The number of nitrogens with one attached hydrogen (secondary N) is 1. The SMILES string of the molecule is CCOC(C)CNC1c2ccccc2CCC1(C)C. The summed E-state index contributed by atoms with van der Waals surface area (Å²) >= 11 is 0. The lowest BCUT2D eigenvalue weighted by molar-refractivity contribution is 0.0671. The molecule has 1 aromatic rings. The van der Waals surface area contributed by atoms with Gasteiger partial charge in [-0.2, -0.15) is 0 Å². The van der Waals surface area contributed by atoms with Crippen LogP contribution in [0.3, 0.4) is 0 Å². The summed E-state index contributed by atoms with van der Waals surface area (Å²) in [5.41, 5.74) is 3.28. The summed E-state index contributed by atoms with van der Waals surface area (Å²) in [7, 11) is 0. The van der Waals surface area contributed by atoms with E-state index in [9.17, 15) is 0 Å². The van der Waals surface area contributed by atoms with E-state index < -0.39 is 0 Å². The molecule has 0 bridgehead atoms. The number of rotatable bonds is 5. The van der Waals surface area contributed by atoms with E-state index in [2.05, 4.69) is 57.3 Å². The summed E-state index contributed by atoms with van der Waals surface area (Å²) in [5.74, 6) is 0. The first kappa shape index (κ1) is 14.5. The highest BCUT2D eigenvalue weighted by Crippen LogP contribution is 2.43. The van der Waals surface area contributed by atoms with Gasteiger partial charge in [0.25, 0.3) is 0 Å². The minimum Gasteiger partial charge on any atom is -0.377 e. The molecule has 0 amide bonds. The molecule has 0 aliphatic heterocycles. The molecule has 0 aromatic heterocycles. The van der Waals surface area contributed by atoms with Crippen molar-refractivity contribution in [3.8, 4) is 0 Å². The number of benzene rings is 1. The molecule has 2 heteroatoms. The molecule has 1 N–H and O–H groups in total. The molecule has 0 saturated carbocycles. The molecule has 2 rings (SSSR count). The third kappa shape index (κ3) is 3.37. The van der Waals surface area contributed by atoms with Gasteiger partial charge in [0, 0.05) is 19.2 Å². The monoisotopic (exact) mass is 261 g/mol. The van der Waals surface area contributed by atoms with Gasteiger partial charge in [0.1, 0.15) is 0 Å². The Morgan fingerprint density at radius 3 is 2.84 bits per heavy atom. The van der Waals surface area contributed by atoms with E-state index in [1.54, 1.807) is 0 Å². The first-order valence-electron chi connectivity index (χ1n) is 7.47. The maximum atomic E-state index is 5.63. The van der Waals surface area contributed by atoms with Crippen molar-refractivity contribution in [1.29, 1.82) is 0 Å². The van der Waals surface area contributed by atoms with Crippen LogP contribution in [-0.4, -0.2) is 19.3 Å². The fraction of sp³-hybridized carbons (Fsp3) is 0.647. The number of ether oxygens (including phenoxy) is 1. The van der Waals surface area contributed by atoms with Gasteiger partial charge in [0.2, 0.25) is 0 Å². The van der Waals surface area contributed by atoms with E-state index in [0.29, 0.717) is 11.5 Å². The Morgan fingerprint density at radius 2 is 2.11 bits per heavy atom. The van der Waals surface area contributed by atoms with Gasteiger partial charge in [-0.3, -0.25) is 0 Å². The van der Waals surface area contributed by atoms with Crippen LogP contribution in [0.25, 0.3) is 0 Å². The first-order chi connectivity index (χ1) is 9.04. The van der Waals surface area contributed by atoms with Crippen molar-refractivity contribution in [3.05, 3.63) is 35.4 Å². The fourth-order valence-electron chi connectivity index (χ4n) is 3.08. The van der Waals surface area contributed by atoms with Crippen LogP contribution in [0.5, 0.6) is 0 Å². The number of aryl methyl sites for hydroxylation is 1. The van der Waals surface area contributed by atoms with Gasteiger partial charge in [-0.25, -0.2) is 0 Å². The smallest absolute Gasteiger partial charge is 0.0671 e. The van der Waals surface area contributed by atoms with Crippen LogP contribution >= 0.6 is 0 Å². The third-order valence-corrected chi connectivity index (χ3v) is 4.25. The largest absolute Gasteiger partial charge is 0.377 e. The van der Waals surface area contributed by atoms with Gasteiger partial charge in [0.15, 0.2) is 0 Å². The van der Waals surface area contributed by atoms with Gasteiger partial charge >= 0.3 is 0 Å². The Bertz CT molecular complexity index is 413. The van der Waals surface area contributed by atoms with E-state index in [1.165, 1.54) is 24.0 Å². The third-order valence-electron chi connectivity index (χ3n) is 4.25. The second-order valence-corrected chi connectivity index (χ2v) is 6.29. The second-order valence-electron chi connectivity index (χ2n) is 6.29. The number of hydrogen-bond acceptors (Lipinski definition) is 2. The van der Waals surface area contributed by atoms with Crippen molar-refractivity contribution < 1.29 is 4.74 Å². The van der Waals surface area contributed by atoms with Crippen molar-refractivity contribution in [2.75, 3.05) is 13.2 Å². The lowest BCUT2D eigenvalue weighted by Crippen LogP contribution is -2.41. The zero-order valence-corrected chi connectivity index (χ0v) is 12.7. The average Bonchev–Trinajstić information content (AvgIpc) is 2.37. The van der Waals surface area contributed by atoms with Crippen molar-refractivity contribution in [3.63, 3.8) is 0 Å². The van der Waals surface area contributed by atoms with Gasteiger partial charge in [-0.1, -0.05) is 38.1 Å². The average molecular weight is 261 g/mol. The van der Waals surface area contributed by atoms with E-state index in [1.807, 2.05) is 0 Å². The minimum atomic E-state index is 0.273. The van der Waals surface area contributed by atoms with Crippen LogP contribution in [0.15, 0.2) is 24.3 Å². The molecule has 0 heterocycles. The first-order valence-corrected chi connectivity index (χ1v) is 7.47. The number of hydrogen-bond donors (Lipinski definition) is 1. The highest BCUT2D eigenvalue weighted by molar-refractivity contribution is 5.34. The van der Waals surface area contributed by atoms with Crippen molar-refractivity contribution >= 4 is 0 Å². The van der Waals surface area contributed by atoms with Crippen molar-refractivity contribution in [2.45, 2.75) is 52.7 Å². The number of fused-ring (bicyclic) bond motifs is 1. The summed E-state index contributed by atoms with van der Waals surface area (Å²) < 4.78 is 5.63. The van der Waals surface area contributed by atoms with E-state index in [4.69, 9.17) is 4.74 Å². The Labute approximate surface area is 117 Å². The van der Waals surface area contributed by atoms with Crippen molar-refractivity contribution in [2.24, 2.45) is 5.41 Å². The molecule has 19 heavy (non-hydrogen) atoms. The zero-order chi connectivity index (χ0) is 13.9. The maximum absolute atomic E-state index is 5.63. The lowest BCUT2D eigenvalue weighted by atomic mass is 9.70. The molecule has 1 aliphatic carbocycles. The van der Waals surface area contributed by atoms with Crippen LogP contribution in [0.4, 0.5) is 0 Å². The molecule has 0 radical (unpaired) electrons. The highest BCUT2D eigenvalue weighted by atomic mass is 16.5. The van der Waals surface area contributed by atoms with Crippen LogP contribution in [0.1, 0.15) is 51.3 Å². The molecule has 0 spiro atoms. The summed E-state index contributed by atoms with van der Waals surface area (Å²) in [5, 5.41) is 3.73. The van der Waals surface area contributed by atoms with Gasteiger partial charge in [-0.15, -0.1) is 0 Å². The van der Waals surface area contributed by atoms with Gasteiger partial charge < -0.3 is 10.1 Å². The molecule has 1 aliphatic rings. The highest BCUT2D eigenvalue weighted by Gasteiger charge is 2.35. The van der Waals surface area contributed by atoms with Gasteiger partial charge in [0.05, 0.1) is 6.10 Å². The standard InChI is InChI=1S/C17H27NO/c1-5-19-13(2)12-18-16-15-9-7-6-8-14(15)10-11-17(16,3)4/h6-9,13,16,18H,5,10-12H2,1-4H3. The molecule has 106 valence electrons.